The molecule has 0 saturated heterocycles. The third-order valence-electron chi connectivity index (χ3n) is 5.46. The lowest BCUT2D eigenvalue weighted by atomic mass is 9.97. The van der Waals surface area contributed by atoms with E-state index in [1.54, 1.807) is 18.2 Å². The highest BCUT2D eigenvalue weighted by Crippen LogP contribution is 2.37. The zero-order valence-electron chi connectivity index (χ0n) is 17.9. The van der Waals surface area contributed by atoms with Gasteiger partial charge in [0.25, 0.3) is 11.8 Å². The summed E-state index contributed by atoms with van der Waals surface area (Å²) in [4.78, 5) is 28.4. The van der Waals surface area contributed by atoms with E-state index < -0.39 is 0 Å². The van der Waals surface area contributed by atoms with E-state index in [1.807, 2.05) is 70.2 Å². The molecule has 1 N–H and O–H groups in total. The van der Waals surface area contributed by atoms with Crippen LogP contribution in [0.25, 0.3) is 5.57 Å². The Morgan fingerprint density at radius 3 is 2.06 bits per heavy atom. The summed E-state index contributed by atoms with van der Waals surface area (Å²) in [6.07, 6.45) is 0. The number of carbonyl (C=O) groups excluding carboxylic acids is 2. The van der Waals surface area contributed by atoms with E-state index >= 15 is 0 Å². The lowest BCUT2D eigenvalue weighted by Gasteiger charge is -2.18. The standard InChI is InChI=1S/C26H23ClN2O2/c1-15-5-9-20(10-6-15)28-24-23(21-11-7-16(2)13-17(21)3)25(30)29(26(24)31)22-12-8-19(27)14-18(22)4/h5-14,28H,1-4H3. The maximum Gasteiger partial charge on any atom is 0.282 e. The van der Waals surface area contributed by atoms with Gasteiger partial charge >= 0.3 is 0 Å². The predicted octanol–water partition coefficient (Wildman–Crippen LogP) is 5.97. The Bertz CT molecular complexity index is 1240. The van der Waals surface area contributed by atoms with Gasteiger partial charge in [0.15, 0.2) is 0 Å². The lowest BCUT2D eigenvalue weighted by Crippen LogP contribution is -2.33. The zero-order valence-corrected chi connectivity index (χ0v) is 18.7. The Labute approximate surface area is 187 Å². The number of nitrogens with zero attached hydrogens (tertiary/aromatic N) is 1. The summed E-state index contributed by atoms with van der Waals surface area (Å²) in [5, 5.41) is 3.77. The fraction of sp³-hybridized carbons (Fsp3) is 0.154. The van der Waals surface area contributed by atoms with Crippen LogP contribution in [0.15, 0.2) is 66.4 Å². The van der Waals surface area contributed by atoms with Crippen molar-refractivity contribution >= 4 is 40.4 Å². The molecule has 3 aromatic rings. The number of anilines is 2. The number of hydrogen-bond donors (Lipinski definition) is 1. The highest BCUT2D eigenvalue weighted by molar-refractivity contribution is 6.46. The number of benzene rings is 3. The van der Waals surface area contributed by atoms with Crippen LogP contribution in [0, 0.1) is 27.7 Å². The Hall–Kier alpha value is -3.37. The minimum Gasteiger partial charge on any atom is -0.350 e. The summed E-state index contributed by atoms with van der Waals surface area (Å²) in [5.74, 6) is -0.733. The molecular weight excluding hydrogens is 408 g/mol. The Balaban J connectivity index is 1.87. The monoisotopic (exact) mass is 430 g/mol. The number of carbonyl (C=O) groups is 2. The Kier molecular flexibility index (Phi) is 5.42. The highest BCUT2D eigenvalue weighted by Gasteiger charge is 2.41. The number of halogens is 1. The molecule has 0 aliphatic carbocycles. The van der Waals surface area contributed by atoms with Crippen molar-refractivity contribution in [1.29, 1.82) is 0 Å². The van der Waals surface area contributed by atoms with Crippen molar-refractivity contribution in [2.75, 3.05) is 10.2 Å². The van der Waals surface area contributed by atoms with Crippen molar-refractivity contribution in [3.8, 4) is 0 Å². The van der Waals surface area contributed by atoms with Gasteiger partial charge in [-0.05, 0) is 74.7 Å². The van der Waals surface area contributed by atoms with Crippen LogP contribution in [0.2, 0.25) is 5.02 Å². The van der Waals surface area contributed by atoms with Crippen LogP contribution in [0.1, 0.15) is 27.8 Å². The average Bonchev–Trinajstić information content (AvgIpc) is 2.94. The van der Waals surface area contributed by atoms with Crippen LogP contribution in [0.4, 0.5) is 11.4 Å². The van der Waals surface area contributed by atoms with Crippen molar-refractivity contribution in [2.24, 2.45) is 0 Å². The first-order valence-electron chi connectivity index (χ1n) is 10.1. The first-order valence-corrected chi connectivity index (χ1v) is 10.4. The summed E-state index contributed by atoms with van der Waals surface area (Å²) >= 11 is 6.09. The number of aryl methyl sites for hydroxylation is 4. The molecule has 5 heteroatoms. The number of nitrogens with one attached hydrogen (secondary N) is 1. The minimum atomic E-state index is -0.383. The molecule has 0 saturated carbocycles. The van der Waals surface area contributed by atoms with Crippen molar-refractivity contribution in [1.82, 2.24) is 0 Å². The van der Waals surface area contributed by atoms with Crippen LogP contribution in [0.5, 0.6) is 0 Å². The van der Waals surface area contributed by atoms with Gasteiger partial charge in [0, 0.05) is 10.7 Å². The molecule has 0 fully saturated rings. The first-order chi connectivity index (χ1) is 14.8. The van der Waals surface area contributed by atoms with E-state index in [9.17, 15) is 9.59 Å². The van der Waals surface area contributed by atoms with Crippen molar-refractivity contribution < 1.29 is 9.59 Å². The smallest absolute Gasteiger partial charge is 0.282 e. The molecule has 0 aromatic heterocycles. The number of rotatable bonds is 4. The van der Waals surface area contributed by atoms with Crippen molar-refractivity contribution in [3.05, 3.63) is 99.2 Å². The van der Waals surface area contributed by atoms with Gasteiger partial charge in [-0.15, -0.1) is 0 Å². The molecule has 0 atom stereocenters. The molecule has 31 heavy (non-hydrogen) atoms. The van der Waals surface area contributed by atoms with Gasteiger partial charge in [-0.25, -0.2) is 4.90 Å². The third-order valence-corrected chi connectivity index (χ3v) is 5.69. The molecular formula is C26H23ClN2O2. The van der Waals surface area contributed by atoms with Crippen LogP contribution < -0.4 is 10.2 Å². The molecule has 3 aromatic carbocycles. The van der Waals surface area contributed by atoms with E-state index in [-0.39, 0.29) is 17.5 Å². The van der Waals surface area contributed by atoms with E-state index in [0.717, 1.165) is 33.5 Å². The summed E-state index contributed by atoms with van der Waals surface area (Å²) in [5.41, 5.74) is 6.57. The van der Waals surface area contributed by atoms with Gasteiger partial charge in [0.2, 0.25) is 0 Å². The fourth-order valence-electron chi connectivity index (χ4n) is 3.86. The predicted molar refractivity (Wildman–Crippen MR) is 126 cm³/mol. The van der Waals surface area contributed by atoms with Gasteiger partial charge in [-0.1, -0.05) is 53.1 Å². The summed E-state index contributed by atoms with van der Waals surface area (Å²) in [6.45, 7) is 7.79. The molecule has 0 bridgehead atoms. The molecule has 1 heterocycles. The van der Waals surface area contributed by atoms with Gasteiger partial charge in [-0.2, -0.15) is 0 Å². The zero-order chi connectivity index (χ0) is 22.3. The molecule has 0 spiro atoms. The van der Waals surface area contributed by atoms with Crippen LogP contribution in [-0.2, 0) is 9.59 Å². The summed E-state index contributed by atoms with van der Waals surface area (Å²) < 4.78 is 0. The molecule has 4 nitrogen and oxygen atoms in total. The first kappa shape index (κ1) is 20.9. The largest absolute Gasteiger partial charge is 0.350 e. The lowest BCUT2D eigenvalue weighted by molar-refractivity contribution is -0.120. The SMILES string of the molecule is Cc1ccc(NC2=C(c3ccc(C)cc3C)C(=O)N(c3ccc(Cl)cc3C)C2=O)cc1. The summed E-state index contributed by atoms with van der Waals surface area (Å²) in [6, 6.07) is 18.7. The molecule has 1 aliphatic rings. The topological polar surface area (TPSA) is 49.4 Å². The molecule has 0 radical (unpaired) electrons. The number of amides is 2. The Morgan fingerprint density at radius 1 is 0.742 bits per heavy atom. The molecule has 156 valence electrons. The van der Waals surface area contributed by atoms with E-state index in [0.29, 0.717) is 16.3 Å². The van der Waals surface area contributed by atoms with E-state index in [2.05, 4.69) is 5.32 Å². The third kappa shape index (κ3) is 3.87. The fourth-order valence-corrected chi connectivity index (χ4v) is 4.09. The average molecular weight is 431 g/mol. The second-order valence-electron chi connectivity index (χ2n) is 7.94. The van der Waals surface area contributed by atoms with Crippen molar-refractivity contribution in [2.45, 2.75) is 27.7 Å². The van der Waals surface area contributed by atoms with E-state index in [4.69, 9.17) is 11.6 Å². The molecule has 1 aliphatic heterocycles. The highest BCUT2D eigenvalue weighted by atomic mass is 35.5. The number of hydrogen-bond acceptors (Lipinski definition) is 3. The maximum absolute atomic E-state index is 13.6. The summed E-state index contributed by atoms with van der Waals surface area (Å²) in [7, 11) is 0. The van der Waals surface area contributed by atoms with Crippen LogP contribution in [0.3, 0.4) is 0 Å². The second kappa shape index (κ2) is 8.05. The van der Waals surface area contributed by atoms with Crippen molar-refractivity contribution in [3.63, 3.8) is 0 Å². The maximum atomic E-state index is 13.6. The van der Waals surface area contributed by atoms with E-state index in [1.165, 1.54) is 4.90 Å². The second-order valence-corrected chi connectivity index (χ2v) is 8.37. The molecule has 0 unspecified atom stereocenters. The Morgan fingerprint density at radius 2 is 1.42 bits per heavy atom. The number of imide groups is 1. The van der Waals surface area contributed by atoms with Crippen LogP contribution >= 0.6 is 11.6 Å². The van der Waals surface area contributed by atoms with Gasteiger partial charge in [0.1, 0.15) is 5.70 Å². The van der Waals surface area contributed by atoms with Crippen LogP contribution in [-0.4, -0.2) is 11.8 Å². The minimum absolute atomic E-state index is 0.273. The van der Waals surface area contributed by atoms with Gasteiger partial charge in [-0.3, -0.25) is 9.59 Å². The normalized spacial score (nSPS) is 13.9. The van der Waals surface area contributed by atoms with Gasteiger partial charge < -0.3 is 5.32 Å². The van der Waals surface area contributed by atoms with Gasteiger partial charge in [0.05, 0.1) is 11.3 Å². The molecule has 2 amide bonds. The quantitative estimate of drug-likeness (QED) is 0.518. The molecule has 4 rings (SSSR count).